The highest BCUT2D eigenvalue weighted by molar-refractivity contribution is 5.78. The first-order valence-corrected chi connectivity index (χ1v) is 8.80. The van der Waals surface area contributed by atoms with E-state index in [0.29, 0.717) is 18.8 Å². The van der Waals surface area contributed by atoms with Gasteiger partial charge in [-0.25, -0.2) is 0 Å². The van der Waals surface area contributed by atoms with Crippen LogP contribution in [0.4, 0.5) is 18.9 Å². The average Bonchev–Trinajstić information content (AvgIpc) is 3.14. The summed E-state index contributed by atoms with van der Waals surface area (Å²) in [6.07, 6.45) is -3.07. The predicted molar refractivity (Wildman–Crippen MR) is 95.3 cm³/mol. The molecule has 0 radical (unpaired) electrons. The van der Waals surface area contributed by atoms with Crippen molar-refractivity contribution in [2.75, 3.05) is 44.2 Å². The lowest BCUT2D eigenvalue weighted by atomic mass is 10.2. The fraction of sp³-hybridized carbons (Fsp3) is 0.421. The topological polar surface area (TPSA) is 39.9 Å². The molecule has 8 heteroatoms. The Morgan fingerprint density at radius 1 is 1.04 bits per heavy atom. The number of piperazine rings is 1. The molecule has 2 aromatic rings. The van der Waals surface area contributed by atoms with E-state index < -0.39 is 18.6 Å². The van der Waals surface area contributed by atoms with Gasteiger partial charge in [-0.15, -0.1) is 0 Å². The van der Waals surface area contributed by atoms with Gasteiger partial charge >= 0.3 is 6.18 Å². The van der Waals surface area contributed by atoms with Crippen molar-refractivity contribution in [1.29, 1.82) is 0 Å². The number of alkyl halides is 3. The van der Waals surface area contributed by atoms with Crippen molar-refractivity contribution in [3.8, 4) is 0 Å². The van der Waals surface area contributed by atoms with Crippen molar-refractivity contribution in [3.05, 3.63) is 54.5 Å². The number of anilines is 1. The molecule has 0 atom stereocenters. The zero-order valence-corrected chi connectivity index (χ0v) is 14.9. The smallest absolute Gasteiger partial charge is 0.406 e. The number of carbonyl (C=O) groups is 1. The minimum atomic E-state index is -4.45. The van der Waals surface area contributed by atoms with Crippen molar-refractivity contribution >= 4 is 11.6 Å². The highest BCUT2D eigenvalue weighted by Crippen LogP contribution is 2.19. The Kier molecular flexibility index (Phi) is 6.05. The number of rotatable bonds is 6. The normalized spacial score (nSPS) is 15.7. The summed E-state index contributed by atoms with van der Waals surface area (Å²) in [5, 5.41) is 0. The molecule has 1 saturated heterocycles. The Bertz CT molecular complexity index is 712. The second-order valence-corrected chi connectivity index (χ2v) is 6.54. The van der Waals surface area contributed by atoms with Gasteiger partial charge in [-0.3, -0.25) is 9.69 Å². The molecule has 146 valence electrons. The Balaban J connectivity index is 1.55. The summed E-state index contributed by atoms with van der Waals surface area (Å²) in [4.78, 5) is 17.4. The van der Waals surface area contributed by atoms with Crippen LogP contribution in [0, 0.1) is 0 Å². The third-order valence-corrected chi connectivity index (χ3v) is 4.50. The summed E-state index contributed by atoms with van der Waals surface area (Å²) in [5.74, 6) is -0.210. The van der Waals surface area contributed by atoms with Crippen molar-refractivity contribution < 1.29 is 22.4 Å². The molecule has 5 nitrogen and oxygen atoms in total. The minimum absolute atomic E-state index is 0.0284. The first-order valence-electron chi connectivity index (χ1n) is 8.80. The van der Waals surface area contributed by atoms with Crippen molar-refractivity contribution in [3.63, 3.8) is 0 Å². The summed E-state index contributed by atoms with van der Waals surface area (Å²) in [7, 11) is 0. The SMILES string of the molecule is O=C(CN1CCN(c2ccccc2)CC1)N(Cc1ccco1)CC(F)(F)F. The highest BCUT2D eigenvalue weighted by atomic mass is 19.4. The Hall–Kier alpha value is -2.48. The molecule has 0 saturated carbocycles. The number of hydrogen-bond acceptors (Lipinski definition) is 4. The Labute approximate surface area is 155 Å². The molecule has 1 amide bonds. The van der Waals surface area contributed by atoms with Crippen molar-refractivity contribution in [2.45, 2.75) is 12.7 Å². The van der Waals surface area contributed by atoms with Crippen LogP contribution in [0.2, 0.25) is 0 Å². The standard InChI is InChI=1S/C19H22F3N3O2/c20-19(21,22)15-25(13-17-7-4-12-27-17)18(26)14-23-8-10-24(11-9-23)16-5-2-1-3-6-16/h1-7,12H,8-11,13-15H2. The number of halogens is 3. The monoisotopic (exact) mass is 381 g/mol. The fourth-order valence-electron chi connectivity index (χ4n) is 3.13. The van der Waals surface area contributed by atoms with Crippen LogP contribution in [0.25, 0.3) is 0 Å². The number of nitrogens with zero attached hydrogens (tertiary/aromatic N) is 3. The van der Waals surface area contributed by atoms with Crippen molar-refractivity contribution in [2.24, 2.45) is 0 Å². The van der Waals surface area contributed by atoms with Crippen LogP contribution in [0.15, 0.2) is 53.1 Å². The quantitative estimate of drug-likeness (QED) is 0.771. The van der Waals surface area contributed by atoms with E-state index >= 15 is 0 Å². The third-order valence-electron chi connectivity index (χ3n) is 4.50. The molecule has 1 aliphatic heterocycles. The van der Waals surface area contributed by atoms with E-state index in [1.807, 2.05) is 35.2 Å². The Morgan fingerprint density at radius 2 is 1.74 bits per heavy atom. The molecular weight excluding hydrogens is 359 g/mol. The van der Waals surface area contributed by atoms with Crippen LogP contribution in [-0.2, 0) is 11.3 Å². The molecule has 0 aliphatic carbocycles. The van der Waals surface area contributed by atoms with Crippen molar-refractivity contribution in [1.82, 2.24) is 9.80 Å². The number of carbonyl (C=O) groups excluding carboxylic acids is 1. The largest absolute Gasteiger partial charge is 0.467 e. The molecule has 3 rings (SSSR count). The number of benzene rings is 1. The molecule has 1 aromatic heterocycles. The number of hydrogen-bond donors (Lipinski definition) is 0. The lowest BCUT2D eigenvalue weighted by molar-refractivity contribution is -0.163. The van der Waals surface area contributed by atoms with Crippen LogP contribution in [0.5, 0.6) is 0 Å². The van der Waals surface area contributed by atoms with Crippen LogP contribution in [0.1, 0.15) is 5.76 Å². The summed E-state index contributed by atoms with van der Waals surface area (Å²) in [6, 6.07) is 13.1. The summed E-state index contributed by atoms with van der Waals surface area (Å²) in [5.41, 5.74) is 1.11. The lowest BCUT2D eigenvalue weighted by Crippen LogP contribution is -2.51. The van der Waals surface area contributed by atoms with Crippen LogP contribution < -0.4 is 4.90 Å². The molecular formula is C19H22F3N3O2. The molecule has 0 unspecified atom stereocenters. The van der Waals surface area contributed by atoms with Gasteiger partial charge in [0.25, 0.3) is 0 Å². The van der Waals surface area contributed by atoms with Crippen LogP contribution >= 0.6 is 0 Å². The number of amides is 1. The highest BCUT2D eigenvalue weighted by Gasteiger charge is 2.34. The average molecular weight is 381 g/mol. The second kappa shape index (κ2) is 8.47. The molecule has 0 spiro atoms. The number of furan rings is 1. The van der Waals surface area contributed by atoms with Gasteiger partial charge in [-0.1, -0.05) is 18.2 Å². The molecule has 1 aromatic carbocycles. The van der Waals surface area contributed by atoms with E-state index in [0.717, 1.165) is 23.7 Å². The Morgan fingerprint density at radius 3 is 2.33 bits per heavy atom. The molecule has 0 bridgehead atoms. The maximum atomic E-state index is 12.9. The van der Waals surface area contributed by atoms with E-state index in [-0.39, 0.29) is 13.1 Å². The summed E-state index contributed by atoms with van der Waals surface area (Å²) in [6.45, 7) is 1.22. The van der Waals surface area contributed by atoms with E-state index in [2.05, 4.69) is 4.90 Å². The minimum Gasteiger partial charge on any atom is -0.467 e. The molecule has 27 heavy (non-hydrogen) atoms. The van der Waals surface area contributed by atoms with Gasteiger partial charge in [0, 0.05) is 31.9 Å². The molecule has 1 aliphatic rings. The third kappa shape index (κ3) is 5.75. The zero-order chi connectivity index (χ0) is 19.3. The van der Waals surface area contributed by atoms with E-state index in [9.17, 15) is 18.0 Å². The maximum Gasteiger partial charge on any atom is 0.406 e. The maximum absolute atomic E-state index is 12.9. The molecule has 2 heterocycles. The first-order chi connectivity index (χ1) is 12.9. The van der Waals surface area contributed by atoms with Crippen LogP contribution in [-0.4, -0.2) is 61.2 Å². The van der Waals surface area contributed by atoms with Gasteiger partial charge < -0.3 is 14.2 Å². The van der Waals surface area contributed by atoms with Gasteiger partial charge in [0.05, 0.1) is 19.4 Å². The molecule has 1 fully saturated rings. The van der Waals surface area contributed by atoms with E-state index in [1.54, 1.807) is 12.1 Å². The van der Waals surface area contributed by atoms with E-state index in [4.69, 9.17) is 4.42 Å². The van der Waals surface area contributed by atoms with Crippen LogP contribution in [0.3, 0.4) is 0 Å². The molecule has 0 N–H and O–H groups in total. The number of para-hydroxylation sites is 1. The summed E-state index contributed by atoms with van der Waals surface area (Å²) < 4.78 is 43.7. The van der Waals surface area contributed by atoms with Gasteiger partial charge in [-0.05, 0) is 24.3 Å². The summed E-state index contributed by atoms with van der Waals surface area (Å²) >= 11 is 0. The first kappa shape index (κ1) is 19.3. The zero-order valence-electron chi connectivity index (χ0n) is 14.9. The fourth-order valence-corrected chi connectivity index (χ4v) is 3.13. The van der Waals surface area contributed by atoms with Gasteiger partial charge in [0.2, 0.25) is 5.91 Å². The van der Waals surface area contributed by atoms with E-state index in [1.165, 1.54) is 6.26 Å². The van der Waals surface area contributed by atoms with Gasteiger partial charge in [0.15, 0.2) is 0 Å². The van der Waals surface area contributed by atoms with Gasteiger partial charge in [-0.2, -0.15) is 13.2 Å². The lowest BCUT2D eigenvalue weighted by Gasteiger charge is -2.36. The second-order valence-electron chi connectivity index (χ2n) is 6.54. The predicted octanol–water partition coefficient (Wildman–Crippen LogP) is 2.99. The van der Waals surface area contributed by atoms with Gasteiger partial charge in [0.1, 0.15) is 12.3 Å².